The maximum Gasteiger partial charge on any atom is 0.0242 e. The second kappa shape index (κ2) is 10.5. The van der Waals surface area contributed by atoms with Crippen LogP contribution in [0.4, 0.5) is 0 Å². The summed E-state index contributed by atoms with van der Waals surface area (Å²) in [5, 5.41) is 0. The second-order valence-corrected chi connectivity index (χ2v) is 8.24. The van der Waals surface area contributed by atoms with Crippen molar-refractivity contribution in [3.63, 3.8) is 0 Å². The Morgan fingerprint density at radius 1 is 0.600 bits per heavy atom. The van der Waals surface area contributed by atoms with Crippen LogP contribution in [0.3, 0.4) is 0 Å². The van der Waals surface area contributed by atoms with E-state index in [1.54, 1.807) is 0 Å². The van der Waals surface area contributed by atoms with Gasteiger partial charge in [-0.3, -0.25) is 4.90 Å². The molecular weight excluding hydrogens is 362 g/mol. The SMILES string of the molecule is C#Cc1ccc(CN(Cc2ccc(C#C)cc2)Cc2ccc(CC(C)C)cc2)cc1. The number of terminal acetylenes is 2. The van der Waals surface area contributed by atoms with Crippen LogP contribution in [-0.4, -0.2) is 4.90 Å². The lowest BCUT2D eigenvalue weighted by atomic mass is 10.0. The Labute approximate surface area is 181 Å². The number of benzene rings is 3. The van der Waals surface area contributed by atoms with Gasteiger partial charge in [0.25, 0.3) is 0 Å². The summed E-state index contributed by atoms with van der Waals surface area (Å²) < 4.78 is 0. The van der Waals surface area contributed by atoms with Gasteiger partial charge in [0.1, 0.15) is 0 Å². The number of rotatable bonds is 8. The smallest absolute Gasteiger partial charge is 0.0242 e. The first-order chi connectivity index (χ1) is 14.6. The minimum absolute atomic E-state index is 0.671. The van der Waals surface area contributed by atoms with Crippen LogP contribution in [0.25, 0.3) is 0 Å². The van der Waals surface area contributed by atoms with E-state index >= 15 is 0 Å². The first-order valence-corrected chi connectivity index (χ1v) is 10.5. The third-order valence-electron chi connectivity index (χ3n) is 5.13. The molecule has 0 fully saturated rings. The van der Waals surface area contributed by atoms with Crippen LogP contribution in [0.15, 0.2) is 72.8 Å². The summed E-state index contributed by atoms with van der Waals surface area (Å²) in [6.45, 7) is 7.11. The van der Waals surface area contributed by atoms with Crippen molar-refractivity contribution in [2.24, 2.45) is 5.92 Å². The highest BCUT2D eigenvalue weighted by Crippen LogP contribution is 2.17. The van der Waals surface area contributed by atoms with Crippen LogP contribution >= 0.6 is 0 Å². The normalized spacial score (nSPS) is 10.7. The Bertz CT molecular complexity index is 951. The zero-order valence-electron chi connectivity index (χ0n) is 17.9. The Balaban J connectivity index is 1.76. The van der Waals surface area contributed by atoms with E-state index in [1.165, 1.54) is 22.3 Å². The fourth-order valence-electron chi connectivity index (χ4n) is 3.61. The van der Waals surface area contributed by atoms with E-state index in [1.807, 2.05) is 24.3 Å². The summed E-state index contributed by atoms with van der Waals surface area (Å²) in [6, 6.07) is 25.6. The summed E-state index contributed by atoms with van der Waals surface area (Å²) in [7, 11) is 0. The van der Waals surface area contributed by atoms with Crippen molar-refractivity contribution in [1.82, 2.24) is 4.90 Å². The minimum Gasteiger partial charge on any atom is -0.291 e. The molecule has 1 heteroatoms. The predicted octanol–water partition coefficient (Wildman–Crippen LogP) is 6.05. The lowest BCUT2D eigenvalue weighted by Crippen LogP contribution is -2.22. The van der Waals surface area contributed by atoms with Crippen LogP contribution in [0.5, 0.6) is 0 Å². The maximum atomic E-state index is 5.50. The van der Waals surface area contributed by atoms with Crippen molar-refractivity contribution >= 4 is 0 Å². The van der Waals surface area contributed by atoms with Crippen LogP contribution < -0.4 is 0 Å². The van der Waals surface area contributed by atoms with E-state index in [9.17, 15) is 0 Å². The minimum atomic E-state index is 0.671. The highest BCUT2D eigenvalue weighted by atomic mass is 15.1. The van der Waals surface area contributed by atoms with Gasteiger partial charge in [0.2, 0.25) is 0 Å². The fourth-order valence-corrected chi connectivity index (χ4v) is 3.61. The molecule has 0 heterocycles. The average Bonchev–Trinajstić information content (AvgIpc) is 2.76. The molecule has 0 amide bonds. The van der Waals surface area contributed by atoms with E-state index in [4.69, 9.17) is 12.8 Å². The highest BCUT2D eigenvalue weighted by Gasteiger charge is 2.09. The average molecular weight is 392 g/mol. The van der Waals surface area contributed by atoms with Gasteiger partial charge in [0.15, 0.2) is 0 Å². The van der Waals surface area contributed by atoms with Gasteiger partial charge in [-0.05, 0) is 58.9 Å². The van der Waals surface area contributed by atoms with Gasteiger partial charge in [-0.2, -0.15) is 0 Å². The molecule has 0 N–H and O–H groups in total. The van der Waals surface area contributed by atoms with E-state index in [0.29, 0.717) is 5.92 Å². The molecule has 0 unspecified atom stereocenters. The van der Waals surface area contributed by atoms with Gasteiger partial charge in [-0.1, -0.05) is 74.2 Å². The molecule has 30 heavy (non-hydrogen) atoms. The van der Waals surface area contributed by atoms with Crippen molar-refractivity contribution in [2.45, 2.75) is 39.9 Å². The molecule has 0 saturated carbocycles. The number of hydrogen-bond acceptors (Lipinski definition) is 1. The Morgan fingerprint density at radius 3 is 1.27 bits per heavy atom. The number of hydrogen-bond donors (Lipinski definition) is 0. The molecule has 0 atom stereocenters. The topological polar surface area (TPSA) is 3.24 Å². The third kappa shape index (κ3) is 6.38. The molecule has 1 nitrogen and oxygen atoms in total. The van der Waals surface area contributed by atoms with Crippen molar-refractivity contribution in [2.75, 3.05) is 0 Å². The monoisotopic (exact) mass is 391 g/mol. The van der Waals surface area contributed by atoms with Gasteiger partial charge in [-0.25, -0.2) is 0 Å². The van der Waals surface area contributed by atoms with Crippen molar-refractivity contribution in [3.05, 3.63) is 106 Å². The molecular formula is C29H29N. The Kier molecular flexibility index (Phi) is 7.51. The van der Waals surface area contributed by atoms with Crippen LogP contribution in [0, 0.1) is 30.6 Å². The van der Waals surface area contributed by atoms with E-state index in [2.05, 4.69) is 79.1 Å². The van der Waals surface area contributed by atoms with Crippen molar-refractivity contribution in [3.8, 4) is 24.7 Å². The molecule has 3 rings (SSSR count). The van der Waals surface area contributed by atoms with Gasteiger partial charge in [0, 0.05) is 30.8 Å². The lowest BCUT2D eigenvalue weighted by Gasteiger charge is -2.23. The molecule has 0 aliphatic heterocycles. The summed E-state index contributed by atoms with van der Waals surface area (Å²) >= 11 is 0. The highest BCUT2D eigenvalue weighted by molar-refractivity contribution is 5.35. The molecule has 0 spiro atoms. The standard InChI is InChI=1S/C29H29N/c1-5-24-7-13-27(14-8-24)20-30(21-28-15-9-25(6-2)10-16-28)22-29-17-11-26(12-18-29)19-23(3)4/h1-2,7-18,23H,19-22H2,3-4H3. The van der Waals surface area contributed by atoms with Gasteiger partial charge in [0.05, 0.1) is 0 Å². The zero-order valence-corrected chi connectivity index (χ0v) is 17.9. The largest absolute Gasteiger partial charge is 0.291 e. The third-order valence-corrected chi connectivity index (χ3v) is 5.13. The van der Waals surface area contributed by atoms with Crippen LogP contribution in [0.1, 0.15) is 47.2 Å². The molecule has 0 bridgehead atoms. The van der Waals surface area contributed by atoms with Crippen LogP contribution in [0.2, 0.25) is 0 Å². The second-order valence-electron chi connectivity index (χ2n) is 8.24. The Morgan fingerprint density at radius 2 is 0.933 bits per heavy atom. The first-order valence-electron chi connectivity index (χ1n) is 10.5. The fraction of sp³-hybridized carbons (Fsp3) is 0.241. The van der Waals surface area contributed by atoms with Gasteiger partial charge >= 0.3 is 0 Å². The molecule has 3 aromatic rings. The predicted molar refractivity (Wildman–Crippen MR) is 127 cm³/mol. The van der Waals surface area contributed by atoms with Crippen molar-refractivity contribution < 1.29 is 0 Å². The Hall–Kier alpha value is -3.26. The summed E-state index contributed by atoms with van der Waals surface area (Å²) in [4.78, 5) is 2.45. The molecule has 0 saturated heterocycles. The molecule has 0 aromatic heterocycles. The quantitative estimate of drug-likeness (QED) is 0.423. The van der Waals surface area contributed by atoms with E-state index < -0.39 is 0 Å². The van der Waals surface area contributed by atoms with Crippen LogP contribution in [-0.2, 0) is 26.1 Å². The maximum absolute atomic E-state index is 5.50. The summed E-state index contributed by atoms with van der Waals surface area (Å²) in [5.41, 5.74) is 7.06. The molecule has 0 aliphatic carbocycles. The number of nitrogens with zero attached hydrogens (tertiary/aromatic N) is 1. The molecule has 150 valence electrons. The van der Waals surface area contributed by atoms with E-state index in [0.717, 1.165) is 37.2 Å². The van der Waals surface area contributed by atoms with Gasteiger partial charge < -0.3 is 0 Å². The molecule has 3 aromatic carbocycles. The van der Waals surface area contributed by atoms with Crippen molar-refractivity contribution in [1.29, 1.82) is 0 Å². The first kappa shape index (κ1) is 21.4. The molecule has 0 aliphatic rings. The summed E-state index contributed by atoms with van der Waals surface area (Å²) in [6.07, 6.45) is 12.1. The summed E-state index contributed by atoms with van der Waals surface area (Å²) in [5.74, 6) is 6.04. The van der Waals surface area contributed by atoms with E-state index in [-0.39, 0.29) is 0 Å². The lowest BCUT2D eigenvalue weighted by molar-refractivity contribution is 0.247. The van der Waals surface area contributed by atoms with Gasteiger partial charge in [-0.15, -0.1) is 12.8 Å². The molecule has 0 radical (unpaired) electrons. The zero-order chi connectivity index (χ0) is 21.3.